The van der Waals surface area contributed by atoms with Crippen LogP contribution in [0.1, 0.15) is 53.2 Å². The Hall–Kier alpha value is -4.26. The summed E-state index contributed by atoms with van der Waals surface area (Å²) in [6.07, 6.45) is 1.69. The Morgan fingerprint density at radius 3 is 2.44 bits per heavy atom. The van der Waals surface area contributed by atoms with Crippen LogP contribution in [0.15, 0.2) is 60.4 Å². The fourth-order valence-corrected chi connectivity index (χ4v) is 4.67. The minimum atomic E-state index is -0.398. The van der Waals surface area contributed by atoms with Crippen molar-refractivity contribution in [2.45, 2.75) is 32.3 Å². The van der Waals surface area contributed by atoms with Crippen molar-refractivity contribution in [1.82, 2.24) is 0 Å². The van der Waals surface area contributed by atoms with Gasteiger partial charge in [-0.15, -0.1) is 0 Å². The number of esters is 1. The SMILES string of the molecule is COc1cccc(C=C2Oc3c(ccc4c3C(c3ccccc3OC(C)C)CC(=O)O4)C2=O)c1OC. The summed E-state index contributed by atoms with van der Waals surface area (Å²) in [5, 5.41) is 0. The van der Waals surface area contributed by atoms with Gasteiger partial charge in [0.25, 0.3) is 0 Å². The van der Waals surface area contributed by atoms with Crippen LogP contribution in [0.25, 0.3) is 6.08 Å². The minimum Gasteiger partial charge on any atom is -0.493 e. The lowest BCUT2D eigenvalue weighted by molar-refractivity contribution is -0.135. The van der Waals surface area contributed by atoms with E-state index in [2.05, 4.69) is 0 Å². The largest absolute Gasteiger partial charge is 0.493 e. The number of Topliss-reactive ketones (excluding diaryl/α,β-unsaturated/α-hetero) is 1. The smallest absolute Gasteiger partial charge is 0.312 e. The zero-order chi connectivity index (χ0) is 25.4. The van der Waals surface area contributed by atoms with Crippen molar-refractivity contribution in [3.05, 3.63) is 82.6 Å². The molecule has 0 N–H and O–H groups in total. The van der Waals surface area contributed by atoms with Gasteiger partial charge in [-0.25, -0.2) is 0 Å². The number of fused-ring (bicyclic) bond motifs is 3. The molecule has 0 spiro atoms. The molecule has 36 heavy (non-hydrogen) atoms. The Bertz CT molecular complexity index is 1390. The molecule has 0 aliphatic carbocycles. The van der Waals surface area contributed by atoms with Gasteiger partial charge in [-0.05, 0) is 44.2 Å². The van der Waals surface area contributed by atoms with Gasteiger partial charge in [-0.1, -0.05) is 30.3 Å². The summed E-state index contributed by atoms with van der Waals surface area (Å²) in [6.45, 7) is 3.90. The average Bonchev–Trinajstić information content (AvgIpc) is 3.18. The molecule has 0 saturated heterocycles. The molecule has 7 nitrogen and oxygen atoms in total. The van der Waals surface area contributed by atoms with E-state index in [1.807, 2.05) is 50.2 Å². The number of rotatable bonds is 6. The number of hydrogen-bond acceptors (Lipinski definition) is 7. The molecule has 0 radical (unpaired) electrons. The molecule has 0 bridgehead atoms. The third-order valence-corrected chi connectivity index (χ3v) is 6.16. The van der Waals surface area contributed by atoms with E-state index in [0.717, 1.165) is 5.56 Å². The molecule has 2 aliphatic rings. The number of carbonyl (C=O) groups is 2. The number of hydrogen-bond donors (Lipinski definition) is 0. The first-order valence-electron chi connectivity index (χ1n) is 11.7. The lowest BCUT2D eigenvalue weighted by Crippen LogP contribution is -2.22. The molecule has 0 aromatic heterocycles. The highest BCUT2D eigenvalue weighted by Crippen LogP contribution is 2.50. The topological polar surface area (TPSA) is 80.3 Å². The summed E-state index contributed by atoms with van der Waals surface area (Å²) in [4.78, 5) is 25.9. The Balaban J connectivity index is 1.62. The molecule has 1 atom stereocenters. The van der Waals surface area contributed by atoms with Crippen molar-refractivity contribution in [3.63, 3.8) is 0 Å². The summed E-state index contributed by atoms with van der Waals surface area (Å²) < 4.78 is 28.7. The van der Waals surface area contributed by atoms with E-state index in [1.165, 1.54) is 7.11 Å². The molecule has 184 valence electrons. The van der Waals surface area contributed by atoms with Crippen LogP contribution in [0.3, 0.4) is 0 Å². The quantitative estimate of drug-likeness (QED) is 0.257. The van der Waals surface area contributed by atoms with E-state index in [9.17, 15) is 9.59 Å². The second-order valence-electron chi connectivity index (χ2n) is 8.81. The van der Waals surface area contributed by atoms with Gasteiger partial charge < -0.3 is 23.7 Å². The predicted molar refractivity (Wildman–Crippen MR) is 133 cm³/mol. The van der Waals surface area contributed by atoms with Crippen LogP contribution in [0.4, 0.5) is 0 Å². The number of ketones is 1. The molecular weight excluding hydrogens is 460 g/mol. The van der Waals surface area contributed by atoms with Crippen molar-refractivity contribution in [2.75, 3.05) is 14.2 Å². The molecule has 7 heteroatoms. The number of benzene rings is 3. The minimum absolute atomic E-state index is 0.0483. The number of carbonyl (C=O) groups excluding carboxylic acids is 2. The molecular formula is C29H26O7. The first kappa shape index (κ1) is 23.5. The molecule has 2 heterocycles. The Kier molecular flexibility index (Phi) is 6.14. The van der Waals surface area contributed by atoms with Gasteiger partial charge in [0, 0.05) is 22.6 Å². The molecule has 3 aromatic rings. The summed E-state index contributed by atoms with van der Waals surface area (Å²) in [5.74, 6) is 1.61. The summed E-state index contributed by atoms with van der Waals surface area (Å²) in [6, 6.07) is 16.3. The van der Waals surface area contributed by atoms with Crippen molar-refractivity contribution in [2.24, 2.45) is 0 Å². The number of allylic oxidation sites excluding steroid dienone is 1. The fraction of sp³-hybridized carbons (Fsp3) is 0.241. The first-order valence-corrected chi connectivity index (χ1v) is 11.7. The Morgan fingerprint density at radius 2 is 1.69 bits per heavy atom. The standard InChI is InChI=1S/C29H26O7/c1-16(2)34-21-10-6-5-9-18(21)20-15-25(30)35-22-13-12-19-27(31)24(36-29(19)26(20)22)14-17-8-7-11-23(32-3)28(17)33-4/h5-14,16,20H,15H2,1-4H3. The van der Waals surface area contributed by atoms with E-state index >= 15 is 0 Å². The maximum absolute atomic E-state index is 13.4. The van der Waals surface area contributed by atoms with Gasteiger partial charge in [0.05, 0.1) is 32.3 Å². The van der Waals surface area contributed by atoms with Crippen LogP contribution in [0.2, 0.25) is 0 Å². The van der Waals surface area contributed by atoms with Crippen molar-refractivity contribution in [1.29, 1.82) is 0 Å². The molecule has 3 aromatic carbocycles. The molecule has 5 rings (SSSR count). The van der Waals surface area contributed by atoms with Gasteiger partial charge >= 0.3 is 5.97 Å². The van der Waals surface area contributed by atoms with Gasteiger partial charge in [0.2, 0.25) is 5.78 Å². The van der Waals surface area contributed by atoms with E-state index in [4.69, 9.17) is 23.7 Å². The lowest BCUT2D eigenvalue weighted by atomic mass is 9.84. The van der Waals surface area contributed by atoms with Gasteiger partial charge in [0.15, 0.2) is 17.3 Å². The maximum Gasteiger partial charge on any atom is 0.312 e. The Labute approximate surface area is 209 Å². The number of ether oxygens (including phenoxy) is 5. The second kappa shape index (κ2) is 9.41. The number of para-hydroxylation sites is 2. The fourth-order valence-electron chi connectivity index (χ4n) is 4.67. The monoisotopic (exact) mass is 486 g/mol. The van der Waals surface area contributed by atoms with Crippen molar-refractivity contribution in [3.8, 4) is 28.7 Å². The van der Waals surface area contributed by atoms with Crippen molar-refractivity contribution >= 4 is 17.8 Å². The maximum atomic E-state index is 13.4. The van der Waals surface area contributed by atoms with E-state index < -0.39 is 5.92 Å². The summed E-state index contributed by atoms with van der Waals surface area (Å²) >= 11 is 0. The third kappa shape index (κ3) is 4.06. The first-order chi connectivity index (χ1) is 17.4. The van der Waals surface area contributed by atoms with Gasteiger partial charge in [-0.3, -0.25) is 9.59 Å². The van der Waals surface area contributed by atoms with E-state index in [0.29, 0.717) is 45.4 Å². The van der Waals surface area contributed by atoms with Crippen molar-refractivity contribution < 1.29 is 33.3 Å². The summed E-state index contributed by atoms with van der Waals surface area (Å²) in [5.41, 5.74) is 2.54. The van der Waals surface area contributed by atoms with Crippen LogP contribution in [0.5, 0.6) is 28.7 Å². The molecule has 0 saturated carbocycles. The van der Waals surface area contributed by atoms with Gasteiger partial charge in [-0.2, -0.15) is 0 Å². The molecule has 0 amide bonds. The van der Waals surface area contributed by atoms with E-state index in [-0.39, 0.29) is 30.0 Å². The third-order valence-electron chi connectivity index (χ3n) is 6.16. The normalized spacial score (nSPS) is 17.4. The van der Waals surface area contributed by atoms with E-state index in [1.54, 1.807) is 31.4 Å². The van der Waals surface area contributed by atoms with Crippen LogP contribution in [-0.2, 0) is 4.79 Å². The molecule has 2 aliphatic heterocycles. The molecule has 0 fully saturated rings. The van der Waals surface area contributed by atoms with Gasteiger partial charge in [0.1, 0.15) is 17.2 Å². The highest BCUT2D eigenvalue weighted by Gasteiger charge is 2.39. The van der Waals surface area contributed by atoms with Crippen LogP contribution in [0, 0.1) is 0 Å². The Morgan fingerprint density at radius 1 is 0.917 bits per heavy atom. The lowest BCUT2D eigenvalue weighted by Gasteiger charge is -2.28. The predicted octanol–water partition coefficient (Wildman–Crippen LogP) is 5.55. The van der Waals surface area contributed by atoms with Crippen LogP contribution < -0.4 is 23.7 Å². The van der Waals surface area contributed by atoms with Crippen LogP contribution >= 0.6 is 0 Å². The highest BCUT2D eigenvalue weighted by atomic mass is 16.5. The second-order valence-corrected chi connectivity index (χ2v) is 8.81. The zero-order valence-electron chi connectivity index (χ0n) is 20.5. The number of methoxy groups -OCH3 is 2. The summed E-state index contributed by atoms with van der Waals surface area (Å²) in [7, 11) is 3.09. The molecule has 1 unspecified atom stereocenters. The average molecular weight is 487 g/mol. The zero-order valence-corrected chi connectivity index (χ0v) is 20.5. The highest BCUT2D eigenvalue weighted by molar-refractivity contribution is 6.15. The van der Waals surface area contributed by atoms with Crippen LogP contribution in [-0.4, -0.2) is 32.1 Å².